The van der Waals surface area contributed by atoms with Crippen LogP contribution in [0, 0.1) is 6.92 Å². The van der Waals surface area contributed by atoms with Crippen LogP contribution < -0.4 is 5.32 Å². The van der Waals surface area contributed by atoms with E-state index in [9.17, 15) is 4.79 Å². The van der Waals surface area contributed by atoms with E-state index >= 15 is 0 Å². The van der Waals surface area contributed by atoms with Gasteiger partial charge in [-0.2, -0.15) is 0 Å². The molecular weight excluding hydrogens is 212 g/mol. The van der Waals surface area contributed by atoms with Crippen molar-refractivity contribution in [2.45, 2.75) is 32.7 Å². The van der Waals surface area contributed by atoms with Crippen molar-refractivity contribution in [3.63, 3.8) is 0 Å². The van der Waals surface area contributed by atoms with Crippen molar-refractivity contribution in [2.75, 3.05) is 18.4 Å². The summed E-state index contributed by atoms with van der Waals surface area (Å²) in [5, 5.41) is 3.01. The number of hydrogen-bond acceptors (Lipinski definition) is 2. The first-order chi connectivity index (χ1) is 8.18. The Morgan fingerprint density at radius 2 is 1.94 bits per heavy atom. The van der Waals surface area contributed by atoms with Crippen molar-refractivity contribution in [1.82, 2.24) is 4.90 Å². The first kappa shape index (κ1) is 12.1. The number of nitrogens with zero attached hydrogens (tertiary/aromatic N) is 1. The molecule has 1 fully saturated rings. The van der Waals surface area contributed by atoms with Crippen LogP contribution in [0.4, 0.5) is 5.69 Å². The summed E-state index contributed by atoms with van der Waals surface area (Å²) in [7, 11) is 0. The van der Waals surface area contributed by atoms with Crippen LogP contribution in [-0.2, 0) is 4.79 Å². The van der Waals surface area contributed by atoms with E-state index in [1.165, 1.54) is 12.8 Å². The van der Waals surface area contributed by atoms with E-state index in [-0.39, 0.29) is 11.9 Å². The number of carbonyl (C=O) groups is 1. The van der Waals surface area contributed by atoms with Gasteiger partial charge in [0.2, 0.25) is 5.91 Å². The summed E-state index contributed by atoms with van der Waals surface area (Å²) in [4.78, 5) is 14.3. The molecule has 2 rings (SSSR count). The Morgan fingerprint density at radius 1 is 1.29 bits per heavy atom. The Morgan fingerprint density at radius 3 is 2.59 bits per heavy atom. The summed E-state index contributed by atoms with van der Waals surface area (Å²) in [5.74, 6) is 0.0983. The molecule has 1 aromatic carbocycles. The van der Waals surface area contributed by atoms with Crippen molar-refractivity contribution >= 4 is 11.6 Å². The van der Waals surface area contributed by atoms with Gasteiger partial charge in [0.15, 0.2) is 0 Å². The van der Waals surface area contributed by atoms with E-state index in [2.05, 4.69) is 10.2 Å². The van der Waals surface area contributed by atoms with E-state index in [1.807, 2.05) is 38.1 Å². The molecule has 3 heteroatoms. The lowest BCUT2D eigenvalue weighted by Gasteiger charge is -2.23. The molecule has 0 aliphatic carbocycles. The lowest BCUT2D eigenvalue weighted by Crippen LogP contribution is -2.40. The Balaban J connectivity index is 1.99. The van der Waals surface area contributed by atoms with Crippen LogP contribution in [0.1, 0.15) is 25.3 Å². The van der Waals surface area contributed by atoms with Crippen molar-refractivity contribution < 1.29 is 4.79 Å². The molecule has 1 atom stereocenters. The fraction of sp³-hybridized carbons (Fsp3) is 0.500. The molecule has 1 aliphatic rings. The second kappa shape index (κ2) is 5.32. The van der Waals surface area contributed by atoms with Gasteiger partial charge in [-0.3, -0.25) is 9.69 Å². The molecule has 0 saturated carbocycles. The topological polar surface area (TPSA) is 32.3 Å². The lowest BCUT2D eigenvalue weighted by atomic mass is 10.2. The molecule has 1 saturated heterocycles. The third kappa shape index (κ3) is 2.86. The van der Waals surface area contributed by atoms with Gasteiger partial charge in [0.25, 0.3) is 0 Å². The van der Waals surface area contributed by atoms with Crippen LogP contribution in [0.2, 0.25) is 0 Å². The van der Waals surface area contributed by atoms with E-state index in [4.69, 9.17) is 0 Å². The van der Waals surface area contributed by atoms with Crippen LogP contribution in [-0.4, -0.2) is 29.9 Å². The molecule has 0 radical (unpaired) electrons. The van der Waals surface area contributed by atoms with Gasteiger partial charge in [0.05, 0.1) is 6.04 Å². The molecule has 1 N–H and O–H groups in total. The Bertz CT molecular complexity index is 397. The molecule has 17 heavy (non-hydrogen) atoms. The smallest absolute Gasteiger partial charge is 0.241 e. The standard InChI is InChI=1S/C14H20N2O/c1-11-7-3-4-8-13(11)15-14(17)12(2)16-9-5-6-10-16/h3-4,7-8,12H,5-6,9-10H2,1-2H3,(H,15,17)/t12-/m0/s1. The largest absolute Gasteiger partial charge is 0.324 e. The monoisotopic (exact) mass is 232 g/mol. The minimum Gasteiger partial charge on any atom is -0.324 e. The quantitative estimate of drug-likeness (QED) is 0.868. The number of aryl methyl sites for hydroxylation is 1. The molecule has 1 aliphatic heterocycles. The van der Waals surface area contributed by atoms with Gasteiger partial charge in [-0.25, -0.2) is 0 Å². The van der Waals surface area contributed by atoms with Crippen molar-refractivity contribution in [3.8, 4) is 0 Å². The maximum absolute atomic E-state index is 12.1. The van der Waals surface area contributed by atoms with Gasteiger partial charge in [-0.15, -0.1) is 0 Å². The van der Waals surface area contributed by atoms with Crippen molar-refractivity contribution in [3.05, 3.63) is 29.8 Å². The number of likely N-dealkylation sites (tertiary alicyclic amines) is 1. The number of amides is 1. The predicted octanol–water partition coefficient (Wildman–Crippen LogP) is 2.42. The van der Waals surface area contributed by atoms with Crippen LogP contribution in [0.5, 0.6) is 0 Å². The fourth-order valence-electron chi connectivity index (χ4n) is 2.25. The third-order valence-electron chi connectivity index (χ3n) is 3.47. The SMILES string of the molecule is Cc1ccccc1NC(=O)[C@H](C)N1CCCC1. The van der Waals surface area contributed by atoms with Gasteiger partial charge < -0.3 is 5.32 Å². The normalized spacial score (nSPS) is 18.0. The summed E-state index contributed by atoms with van der Waals surface area (Å²) in [5.41, 5.74) is 2.03. The molecule has 0 aromatic heterocycles. The average Bonchev–Trinajstić information content (AvgIpc) is 2.84. The second-order valence-electron chi connectivity index (χ2n) is 4.72. The van der Waals surface area contributed by atoms with E-state index in [0.29, 0.717) is 0 Å². The fourth-order valence-corrected chi connectivity index (χ4v) is 2.25. The maximum atomic E-state index is 12.1. The lowest BCUT2D eigenvalue weighted by molar-refractivity contribution is -0.120. The highest BCUT2D eigenvalue weighted by Gasteiger charge is 2.23. The molecular formula is C14H20N2O. The summed E-state index contributed by atoms with van der Waals surface area (Å²) < 4.78 is 0. The van der Waals surface area contributed by atoms with Crippen LogP contribution in [0.15, 0.2) is 24.3 Å². The molecule has 3 nitrogen and oxygen atoms in total. The number of anilines is 1. The summed E-state index contributed by atoms with van der Waals surface area (Å²) in [6, 6.07) is 7.86. The summed E-state index contributed by atoms with van der Waals surface area (Å²) >= 11 is 0. The molecule has 1 amide bonds. The second-order valence-corrected chi connectivity index (χ2v) is 4.72. The predicted molar refractivity (Wildman–Crippen MR) is 70.1 cm³/mol. The highest BCUT2D eigenvalue weighted by Crippen LogP contribution is 2.16. The molecule has 0 unspecified atom stereocenters. The molecule has 1 heterocycles. The number of hydrogen-bond donors (Lipinski definition) is 1. The first-order valence-electron chi connectivity index (χ1n) is 6.29. The highest BCUT2D eigenvalue weighted by atomic mass is 16.2. The molecule has 0 spiro atoms. The van der Waals surface area contributed by atoms with E-state index in [0.717, 1.165) is 24.3 Å². The minimum absolute atomic E-state index is 0.0305. The number of benzene rings is 1. The zero-order valence-corrected chi connectivity index (χ0v) is 10.6. The third-order valence-corrected chi connectivity index (χ3v) is 3.47. The van der Waals surface area contributed by atoms with E-state index in [1.54, 1.807) is 0 Å². The maximum Gasteiger partial charge on any atom is 0.241 e. The number of carbonyl (C=O) groups excluding carboxylic acids is 1. The number of nitrogens with one attached hydrogen (secondary N) is 1. The van der Waals surface area contributed by atoms with Gasteiger partial charge in [-0.05, 0) is 51.4 Å². The van der Waals surface area contributed by atoms with Gasteiger partial charge in [0, 0.05) is 5.69 Å². The Labute approximate surface area is 103 Å². The van der Waals surface area contributed by atoms with Gasteiger partial charge >= 0.3 is 0 Å². The zero-order valence-electron chi connectivity index (χ0n) is 10.6. The number of rotatable bonds is 3. The number of para-hydroxylation sites is 1. The molecule has 0 bridgehead atoms. The van der Waals surface area contributed by atoms with Crippen molar-refractivity contribution in [1.29, 1.82) is 0 Å². The summed E-state index contributed by atoms with van der Waals surface area (Å²) in [6.07, 6.45) is 2.42. The van der Waals surface area contributed by atoms with Crippen LogP contribution >= 0.6 is 0 Å². The molecule has 1 aromatic rings. The van der Waals surface area contributed by atoms with Crippen LogP contribution in [0.3, 0.4) is 0 Å². The van der Waals surface area contributed by atoms with E-state index < -0.39 is 0 Å². The average molecular weight is 232 g/mol. The Kier molecular flexibility index (Phi) is 3.79. The minimum atomic E-state index is -0.0305. The Hall–Kier alpha value is -1.35. The highest BCUT2D eigenvalue weighted by molar-refractivity contribution is 5.95. The van der Waals surface area contributed by atoms with Crippen molar-refractivity contribution in [2.24, 2.45) is 0 Å². The van der Waals surface area contributed by atoms with Gasteiger partial charge in [-0.1, -0.05) is 18.2 Å². The van der Waals surface area contributed by atoms with Gasteiger partial charge in [0.1, 0.15) is 0 Å². The zero-order chi connectivity index (χ0) is 12.3. The van der Waals surface area contributed by atoms with Crippen LogP contribution in [0.25, 0.3) is 0 Å². The summed E-state index contributed by atoms with van der Waals surface area (Å²) in [6.45, 7) is 6.08. The first-order valence-corrected chi connectivity index (χ1v) is 6.29. The molecule has 92 valence electrons.